The SMILES string of the molecule is CCSCCC(C)NCC(=O)OC(C)C. The molecule has 0 rings (SSSR count). The van der Waals surface area contributed by atoms with Crippen molar-refractivity contribution in [2.24, 2.45) is 0 Å². The molecular formula is C11H23NO2S. The highest BCUT2D eigenvalue weighted by Gasteiger charge is 2.07. The van der Waals surface area contributed by atoms with E-state index in [0.717, 1.165) is 17.9 Å². The molecule has 0 saturated carbocycles. The van der Waals surface area contributed by atoms with Crippen LogP contribution in [0.25, 0.3) is 0 Å². The molecule has 0 aliphatic heterocycles. The van der Waals surface area contributed by atoms with E-state index in [1.54, 1.807) is 0 Å². The lowest BCUT2D eigenvalue weighted by Crippen LogP contribution is -2.33. The third kappa shape index (κ3) is 10.1. The fraction of sp³-hybridized carbons (Fsp3) is 0.909. The largest absolute Gasteiger partial charge is 0.462 e. The number of carbonyl (C=O) groups is 1. The molecule has 15 heavy (non-hydrogen) atoms. The second kappa shape index (κ2) is 9.04. The lowest BCUT2D eigenvalue weighted by molar-refractivity contribution is -0.146. The number of hydrogen-bond acceptors (Lipinski definition) is 4. The van der Waals surface area contributed by atoms with Crippen LogP contribution in [0.15, 0.2) is 0 Å². The molecule has 0 aromatic carbocycles. The highest BCUT2D eigenvalue weighted by Crippen LogP contribution is 2.03. The Morgan fingerprint density at radius 3 is 2.60 bits per heavy atom. The van der Waals surface area contributed by atoms with Gasteiger partial charge in [-0.3, -0.25) is 4.79 Å². The maximum atomic E-state index is 11.2. The standard InChI is InChI=1S/C11H23NO2S/c1-5-15-7-6-10(4)12-8-11(13)14-9(2)3/h9-10,12H,5-8H2,1-4H3. The quantitative estimate of drug-likeness (QED) is 0.514. The average Bonchev–Trinajstić information content (AvgIpc) is 2.14. The van der Waals surface area contributed by atoms with Gasteiger partial charge in [0.1, 0.15) is 0 Å². The molecule has 0 aliphatic rings. The van der Waals surface area contributed by atoms with Gasteiger partial charge in [0, 0.05) is 6.04 Å². The van der Waals surface area contributed by atoms with Crippen molar-refractivity contribution < 1.29 is 9.53 Å². The number of carbonyl (C=O) groups excluding carboxylic acids is 1. The number of hydrogen-bond donors (Lipinski definition) is 1. The summed E-state index contributed by atoms with van der Waals surface area (Å²) in [7, 11) is 0. The van der Waals surface area contributed by atoms with Crippen molar-refractivity contribution in [3.63, 3.8) is 0 Å². The molecule has 0 aromatic rings. The molecule has 0 spiro atoms. The molecule has 0 saturated heterocycles. The van der Waals surface area contributed by atoms with E-state index in [2.05, 4.69) is 19.2 Å². The summed E-state index contributed by atoms with van der Waals surface area (Å²) in [6, 6.07) is 0.378. The topological polar surface area (TPSA) is 38.3 Å². The number of thioether (sulfide) groups is 1. The predicted octanol–water partition coefficient (Wildman–Crippen LogP) is 2.06. The summed E-state index contributed by atoms with van der Waals surface area (Å²) in [4.78, 5) is 11.2. The zero-order valence-electron chi connectivity index (χ0n) is 10.2. The van der Waals surface area contributed by atoms with E-state index in [-0.39, 0.29) is 12.1 Å². The van der Waals surface area contributed by atoms with Gasteiger partial charge >= 0.3 is 5.97 Å². The Balaban J connectivity index is 3.44. The van der Waals surface area contributed by atoms with E-state index in [4.69, 9.17) is 4.74 Å². The number of rotatable bonds is 8. The van der Waals surface area contributed by atoms with Gasteiger partial charge in [-0.05, 0) is 38.7 Å². The first-order valence-electron chi connectivity index (χ1n) is 5.56. The van der Waals surface area contributed by atoms with Crippen LogP contribution in [0.1, 0.15) is 34.1 Å². The normalized spacial score (nSPS) is 12.9. The van der Waals surface area contributed by atoms with Gasteiger partial charge in [-0.2, -0.15) is 11.8 Å². The summed E-state index contributed by atoms with van der Waals surface area (Å²) in [6.45, 7) is 8.29. The first-order chi connectivity index (χ1) is 7.06. The number of ether oxygens (including phenoxy) is 1. The molecule has 1 unspecified atom stereocenters. The van der Waals surface area contributed by atoms with Crippen molar-refractivity contribution in [1.82, 2.24) is 5.32 Å². The highest BCUT2D eigenvalue weighted by molar-refractivity contribution is 7.99. The maximum absolute atomic E-state index is 11.2. The molecule has 1 N–H and O–H groups in total. The Hall–Kier alpha value is -0.220. The minimum Gasteiger partial charge on any atom is -0.462 e. The van der Waals surface area contributed by atoms with Gasteiger partial charge in [0.25, 0.3) is 0 Å². The number of nitrogens with one attached hydrogen (secondary N) is 1. The molecular weight excluding hydrogens is 210 g/mol. The Kier molecular flexibility index (Phi) is 8.91. The Bertz CT molecular complexity index is 174. The second-order valence-corrected chi connectivity index (χ2v) is 5.20. The smallest absolute Gasteiger partial charge is 0.320 e. The number of esters is 1. The predicted molar refractivity (Wildman–Crippen MR) is 66.3 cm³/mol. The zero-order valence-corrected chi connectivity index (χ0v) is 11.0. The second-order valence-electron chi connectivity index (χ2n) is 3.81. The van der Waals surface area contributed by atoms with E-state index in [9.17, 15) is 4.79 Å². The maximum Gasteiger partial charge on any atom is 0.320 e. The minimum absolute atomic E-state index is 0.0229. The van der Waals surface area contributed by atoms with E-state index >= 15 is 0 Å². The molecule has 0 radical (unpaired) electrons. The summed E-state index contributed by atoms with van der Waals surface area (Å²) >= 11 is 1.93. The van der Waals surface area contributed by atoms with Crippen LogP contribution in [0.2, 0.25) is 0 Å². The molecule has 0 aliphatic carbocycles. The van der Waals surface area contributed by atoms with Gasteiger partial charge in [-0.15, -0.1) is 0 Å². The van der Waals surface area contributed by atoms with Crippen LogP contribution in [0, 0.1) is 0 Å². The van der Waals surface area contributed by atoms with Crippen LogP contribution in [0.3, 0.4) is 0 Å². The van der Waals surface area contributed by atoms with Gasteiger partial charge in [-0.25, -0.2) is 0 Å². The molecule has 3 nitrogen and oxygen atoms in total. The van der Waals surface area contributed by atoms with Gasteiger partial charge in [0.05, 0.1) is 12.6 Å². The highest BCUT2D eigenvalue weighted by atomic mass is 32.2. The van der Waals surface area contributed by atoms with E-state index < -0.39 is 0 Å². The van der Waals surface area contributed by atoms with Crippen molar-refractivity contribution in [3.8, 4) is 0 Å². The van der Waals surface area contributed by atoms with Gasteiger partial charge < -0.3 is 10.1 Å². The van der Waals surface area contributed by atoms with Crippen molar-refractivity contribution in [3.05, 3.63) is 0 Å². The lowest BCUT2D eigenvalue weighted by Gasteiger charge is -2.13. The fourth-order valence-corrected chi connectivity index (χ4v) is 1.88. The third-order valence-corrected chi connectivity index (χ3v) is 2.79. The Labute approximate surface area is 97.3 Å². The molecule has 0 fully saturated rings. The van der Waals surface area contributed by atoms with Crippen LogP contribution < -0.4 is 5.32 Å². The first kappa shape index (κ1) is 14.8. The molecule has 90 valence electrons. The zero-order chi connectivity index (χ0) is 11.7. The monoisotopic (exact) mass is 233 g/mol. The Morgan fingerprint density at radius 2 is 2.07 bits per heavy atom. The van der Waals surface area contributed by atoms with Crippen LogP contribution in [-0.4, -0.2) is 36.2 Å². The molecule has 0 aromatic heterocycles. The molecule has 0 heterocycles. The summed E-state index contributed by atoms with van der Waals surface area (Å²) < 4.78 is 5.02. The molecule has 4 heteroatoms. The first-order valence-corrected chi connectivity index (χ1v) is 6.72. The van der Waals surface area contributed by atoms with Crippen LogP contribution in [0.5, 0.6) is 0 Å². The van der Waals surface area contributed by atoms with Crippen LogP contribution >= 0.6 is 11.8 Å². The van der Waals surface area contributed by atoms with Gasteiger partial charge in [-0.1, -0.05) is 6.92 Å². The van der Waals surface area contributed by atoms with E-state index in [0.29, 0.717) is 12.6 Å². The minimum atomic E-state index is -0.167. The van der Waals surface area contributed by atoms with Crippen LogP contribution in [-0.2, 0) is 9.53 Å². The van der Waals surface area contributed by atoms with Crippen LogP contribution in [0.4, 0.5) is 0 Å². The summed E-state index contributed by atoms with van der Waals surface area (Å²) in [5, 5.41) is 3.16. The summed E-state index contributed by atoms with van der Waals surface area (Å²) in [5.74, 6) is 2.13. The van der Waals surface area contributed by atoms with Gasteiger partial charge in [0.15, 0.2) is 0 Å². The molecule has 0 bridgehead atoms. The Morgan fingerprint density at radius 1 is 1.40 bits per heavy atom. The molecule has 1 atom stereocenters. The third-order valence-electron chi connectivity index (χ3n) is 1.86. The van der Waals surface area contributed by atoms with Crippen molar-refractivity contribution in [2.75, 3.05) is 18.1 Å². The average molecular weight is 233 g/mol. The van der Waals surface area contributed by atoms with E-state index in [1.165, 1.54) is 0 Å². The van der Waals surface area contributed by atoms with E-state index in [1.807, 2.05) is 25.6 Å². The van der Waals surface area contributed by atoms with Crippen molar-refractivity contribution >= 4 is 17.7 Å². The summed E-state index contributed by atoms with van der Waals surface area (Å²) in [6.07, 6.45) is 1.07. The van der Waals surface area contributed by atoms with Gasteiger partial charge in [0.2, 0.25) is 0 Å². The van der Waals surface area contributed by atoms with Crippen molar-refractivity contribution in [1.29, 1.82) is 0 Å². The summed E-state index contributed by atoms with van der Waals surface area (Å²) in [5.41, 5.74) is 0. The fourth-order valence-electron chi connectivity index (χ4n) is 1.07. The lowest BCUT2D eigenvalue weighted by atomic mass is 10.2. The molecule has 0 amide bonds. The van der Waals surface area contributed by atoms with Crippen molar-refractivity contribution in [2.45, 2.75) is 46.3 Å².